The van der Waals surface area contributed by atoms with Crippen molar-refractivity contribution in [3.8, 4) is 17.0 Å². The fourth-order valence-electron chi connectivity index (χ4n) is 2.31. The first-order valence-corrected chi connectivity index (χ1v) is 9.01. The number of thiazole rings is 1. The molecule has 0 atom stereocenters. The molecule has 2 heterocycles. The van der Waals surface area contributed by atoms with Gasteiger partial charge in [-0.2, -0.15) is 0 Å². The molecule has 3 aromatic rings. The van der Waals surface area contributed by atoms with Crippen molar-refractivity contribution in [3.05, 3.63) is 63.7 Å². The van der Waals surface area contributed by atoms with Gasteiger partial charge in [-0.05, 0) is 34.0 Å². The van der Waals surface area contributed by atoms with Crippen LogP contribution in [0.25, 0.3) is 11.3 Å². The van der Waals surface area contributed by atoms with Crippen LogP contribution in [-0.2, 0) is 11.2 Å². The van der Waals surface area contributed by atoms with Crippen LogP contribution in [0.2, 0.25) is 0 Å². The van der Waals surface area contributed by atoms with Crippen molar-refractivity contribution in [1.29, 1.82) is 0 Å². The maximum Gasteiger partial charge on any atom is 0.406 e. The maximum atomic E-state index is 12.0. The van der Waals surface area contributed by atoms with Crippen molar-refractivity contribution < 1.29 is 14.5 Å². The SMILES string of the molecule is CCc1ccc(-c2csc(NC(=O)COc3cccnc3[N+](=O)[O-])n2)cc1. The van der Waals surface area contributed by atoms with Crippen molar-refractivity contribution in [3.63, 3.8) is 0 Å². The Labute approximate surface area is 159 Å². The molecule has 0 saturated carbocycles. The van der Waals surface area contributed by atoms with Gasteiger partial charge in [0.25, 0.3) is 5.91 Å². The van der Waals surface area contributed by atoms with Gasteiger partial charge in [-0.3, -0.25) is 10.1 Å². The molecule has 0 aliphatic heterocycles. The molecule has 0 saturated heterocycles. The van der Waals surface area contributed by atoms with E-state index in [4.69, 9.17) is 4.74 Å². The Morgan fingerprint density at radius 3 is 2.78 bits per heavy atom. The molecule has 0 bridgehead atoms. The molecule has 9 heteroatoms. The van der Waals surface area contributed by atoms with E-state index in [1.54, 1.807) is 0 Å². The van der Waals surface area contributed by atoms with Crippen molar-refractivity contribution >= 4 is 28.2 Å². The first kappa shape index (κ1) is 18.5. The van der Waals surface area contributed by atoms with Crippen LogP contribution in [0.5, 0.6) is 5.75 Å². The fraction of sp³-hybridized carbons (Fsp3) is 0.167. The van der Waals surface area contributed by atoms with Crippen molar-refractivity contribution in [2.75, 3.05) is 11.9 Å². The summed E-state index contributed by atoms with van der Waals surface area (Å²) < 4.78 is 5.21. The zero-order chi connectivity index (χ0) is 19.2. The quantitative estimate of drug-likeness (QED) is 0.492. The largest absolute Gasteiger partial charge is 0.476 e. The van der Waals surface area contributed by atoms with E-state index >= 15 is 0 Å². The normalized spacial score (nSPS) is 10.4. The number of anilines is 1. The lowest BCUT2D eigenvalue weighted by Crippen LogP contribution is -2.20. The number of hydrogen-bond donors (Lipinski definition) is 1. The third kappa shape index (κ3) is 4.64. The van der Waals surface area contributed by atoms with Crippen LogP contribution in [-0.4, -0.2) is 27.4 Å². The Kier molecular flexibility index (Phi) is 5.72. The number of aromatic nitrogens is 2. The van der Waals surface area contributed by atoms with Crippen LogP contribution in [0.4, 0.5) is 10.9 Å². The highest BCUT2D eigenvalue weighted by Crippen LogP contribution is 2.26. The third-order valence-electron chi connectivity index (χ3n) is 3.69. The van der Waals surface area contributed by atoms with Crippen LogP contribution in [0, 0.1) is 10.1 Å². The van der Waals surface area contributed by atoms with Gasteiger partial charge in [0, 0.05) is 10.9 Å². The molecule has 0 radical (unpaired) electrons. The summed E-state index contributed by atoms with van der Waals surface area (Å²) in [7, 11) is 0. The Balaban J connectivity index is 1.60. The van der Waals surface area contributed by atoms with Gasteiger partial charge in [0.05, 0.1) is 5.69 Å². The molecule has 1 aromatic carbocycles. The molecule has 27 heavy (non-hydrogen) atoms. The lowest BCUT2D eigenvalue weighted by Gasteiger charge is -2.05. The van der Waals surface area contributed by atoms with E-state index in [0.717, 1.165) is 17.7 Å². The summed E-state index contributed by atoms with van der Waals surface area (Å²) in [5.74, 6) is -0.957. The average molecular weight is 384 g/mol. The van der Waals surface area contributed by atoms with Gasteiger partial charge in [-0.1, -0.05) is 31.2 Å². The summed E-state index contributed by atoms with van der Waals surface area (Å²) in [6.45, 7) is 1.71. The molecule has 138 valence electrons. The Morgan fingerprint density at radius 2 is 2.07 bits per heavy atom. The highest BCUT2D eigenvalue weighted by atomic mass is 32.1. The Bertz CT molecular complexity index is 956. The second kappa shape index (κ2) is 8.37. The van der Waals surface area contributed by atoms with Gasteiger partial charge >= 0.3 is 5.82 Å². The summed E-state index contributed by atoms with van der Waals surface area (Å²) in [6.07, 6.45) is 2.25. The van der Waals surface area contributed by atoms with Crippen molar-refractivity contribution in [1.82, 2.24) is 9.97 Å². The smallest absolute Gasteiger partial charge is 0.406 e. The van der Waals surface area contributed by atoms with E-state index in [-0.39, 0.29) is 12.4 Å². The monoisotopic (exact) mass is 384 g/mol. The maximum absolute atomic E-state index is 12.0. The lowest BCUT2D eigenvalue weighted by atomic mass is 10.1. The fourth-order valence-corrected chi connectivity index (χ4v) is 3.04. The van der Waals surface area contributed by atoms with E-state index in [9.17, 15) is 14.9 Å². The lowest BCUT2D eigenvalue weighted by molar-refractivity contribution is -0.390. The summed E-state index contributed by atoms with van der Waals surface area (Å²) in [6, 6.07) is 11.0. The molecule has 0 aliphatic rings. The molecule has 0 spiro atoms. The van der Waals surface area contributed by atoms with Gasteiger partial charge in [-0.15, -0.1) is 11.3 Å². The zero-order valence-corrected chi connectivity index (χ0v) is 15.2. The Morgan fingerprint density at radius 1 is 1.30 bits per heavy atom. The summed E-state index contributed by atoms with van der Waals surface area (Å²) in [5.41, 5.74) is 2.97. The minimum Gasteiger partial charge on any atom is -0.476 e. The first-order valence-electron chi connectivity index (χ1n) is 8.13. The molecule has 3 rings (SSSR count). The predicted molar refractivity (Wildman–Crippen MR) is 102 cm³/mol. The topological polar surface area (TPSA) is 107 Å². The van der Waals surface area contributed by atoms with Gasteiger partial charge in [0.1, 0.15) is 6.20 Å². The van der Waals surface area contributed by atoms with E-state index in [1.807, 2.05) is 29.6 Å². The number of amides is 1. The van der Waals surface area contributed by atoms with Crippen LogP contribution >= 0.6 is 11.3 Å². The third-order valence-corrected chi connectivity index (χ3v) is 4.45. The standard InChI is InChI=1S/C18H16N4O4S/c1-2-12-5-7-13(8-6-12)14-11-27-18(20-14)21-16(23)10-26-15-4-3-9-19-17(15)22(24)25/h3-9,11H,2,10H2,1H3,(H,20,21,23). The number of ether oxygens (including phenoxy) is 1. The Hall–Kier alpha value is -3.33. The van der Waals surface area contributed by atoms with Crippen LogP contribution < -0.4 is 10.1 Å². The van der Waals surface area contributed by atoms with Gasteiger partial charge in [0.15, 0.2) is 11.7 Å². The van der Waals surface area contributed by atoms with E-state index in [2.05, 4.69) is 22.2 Å². The molecule has 1 N–H and O–H groups in total. The predicted octanol–water partition coefficient (Wildman–Crippen LogP) is 3.69. The number of nitrogens with one attached hydrogen (secondary N) is 1. The van der Waals surface area contributed by atoms with Crippen molar-refractivity contribution in [2.45, 2.75) is 13.3 Å². The van der Waals surface area contributed by atoms with Crippen LogP contribution in [0.3, 0.4) is 0 Å². The minimum atomic E-state index is -0.663. The molecule has 1 amide bonds. The number of nitro groups is 1. The van der Waals surface area contributed by atoms with Gasteiger partial charge in [-0.25, -0.2) is 4.98 Å². The summed E-state index contributed by atoms with van der Waals surface area (Å²) in [4.78, 5) is 30.3. The second-order valence-corrected chi connectivity index (χ2v) is 6.37. The summed E-state index contributed by atoms with van der Waals surface area (Å²) >= 11 is 1.29. The number of hydrogen-bond acceptors (Lipinski definition) is 7. The highest BCUT2D eigenvalue weighted by Gasteiger charge is 2.17. The molecular formula is C18H16N4O4S. The number of rotatable bonds is 7. The zero-order valence-electron chi connectivity index (χ0n) is 14.4. The molecule has 0 unspecified atom stereocenters. The van der Waals surface area contributed by atoms with E-state index in [0.29, 0.717) is 5.13 Å². The highest BCUT2D eigenvalue weighted by molar-refractivity contribution is 7.14. The average Bonchev–Trinajstić information content (AvgIpc) is 3.15. The molecular weight excluding hydrogens is 368 g/mol. The number of pyridine rings is 1. The number of carbonyl (C=O) groups excluding carboxylic acids is 1. The minimum absolute atomic E-state index is 0.0616. The first-order chi connectivity index (χ1) is 13.1. The van der Waals surface area contributed by atoms with Gasteiger partial charge < -0.3 is 14.9 Å². The number of benzene rings is 1. The van der Waals surface area contributed by atoms with Crippen molar-refractivity contribution in [2.24, 2.45) is 0 Å². The van der Waals surface area contributed by atoms with E-state index in [1.165, 1.54) is 35.2 Å². The molecule has 8 nitrogen and oxygen atoms in total. The number of aryl methyl sites for hydroxylation is 1. The number of carbonyl (C=O) groups is 1. The second-order valence-electron chi connectivity index (χ2n) is 5.51. The summed E-state index contributed by atoms with van der Waals surface area (Å²) in [5, 5.41) is 15.8. The number of nitrogens with zero attached hydrogens (tertiary/aromatic N) is 3. The molecule has 0 fully saturated rings. The van der Waals surface area contributed by atoms with Crippen LogP contribution in [0.15, 0.2) is 48.0 Å². The molecule has 0 aliphatic carbocycles. The van der Waals surface area contributed by atoms with Crippen LogP contribution in [0.1, 0.15) is 12.5 Å². The van der Waals surface area contributed by atoms with Gasteiger partial charge in [0.2, 0.25) is 5.75 Å². The van der Waals surface area contributed by atoms with E-state index < -0.39 is 16.6 Å². The molecule has 2 aromatic heterocycles.